The van der Waals surface area contributed by atoms with Gasteiger partial charge in [-0.1, -0.05) is 18.2 Å². The molecule has 23 heavy (non-hydrogen) atoms. The summed E-state index contributed by atoms with van der Waals surface area (Å²) in [4.78, 5) is 24.0. The van der Waals surface area contributed by atoms with Crippen LogP contribution in [0.15, 0.2) is 30.3 Å². The lowest BCUT2D eigenvalue weighted by Gasteiger charge is -2.22. The van der Waals surface area contributed by atoms with E-state index in [1.807, 2.05) is 30.3 Å². The third-order valence-corrected chi connectivity index (χ3v) is 4.72. The number of methoxy groups -OCH3 is 1. The van der Waals surface area contributed by atoms with E-state index in [-0.39, 0.29) is 13.1 Å². The van der Waals surface area contributed by atoms with E-state index in [1.165, 1.54) is 18.4 Å². The second kappa shape index (κ2) is 7.54. The minimum absolute atomic E-state index is 0.0453. The highest BCUT2D eigenvalue weighted by Gasteiger charge is 2.27. The Hall–Kier alpha value is -1.96. The molecule has 0 saturated carbocycles. The van der Waals surface area contributed by atoms with Gasteiger partial charge in [-0.2, -0.15) is 0 Å². The van der Waals surface area contributed by atoms with Crippen molar-refractivity contribution in [3.63, 3.8) is 0 Å². The van der Waals surface area contributed by atoms with Crippen molar-refractivity contribution in [3.8, 4) is 0 Å². The van der Waals surface area contributed by atoms with Crippen LogP contribution in [0, 0.1) is 0 Å². The first-order valence-electron chi connectivity index (χ1n) is 7.20. The van der Waals surface area contributed by atoms with Gasteiger partial charge in [-0.25, -0.2) is 0 Å². The van der Waals surface area contributed by atoms with E-state index >= 15 is 0 Å². The largest absolute Gasteiger partial charge is 0.383 e. The van der Waals surface area contributed by atoms with Gasteiger partial charge in [0.1, 0.15) is 5.60 Å². The van der Waals surface area contributed by atoms with Crippen molar-refractivity contribution in [1.82, 2.24) is 10.6 Å². The van der Waals surface area contributed by atoms with Gasteiger partial charge in [-0.05, 0) is 24.4 Å². The summed E-state index contributed by atoms with van der Waals surface area (Å²) >= 11 is 1.46. The van der Waals surface area contributed by atoms with Crippen molar-refractivity contribution in [1.29, 1.82) is 0 Å². The SMILES string of the molecule is COCCNC(=O)C(=O)NCC(C)(O)c1cc2ccccc2s1. The molecule has 1 aromatic heterocycles. The molecule has 0 aliphatic heterocycles. The molecule has 124 valence electrons. The Bertz CT molecular complexity index is 663. The van der Waals surface area contributed by atoms with Crippen molar-refractivity contribution in [3.05, 3.63) is 35.2 Å². The number of hydrogen-bond donors (Lipinski definition) is 3. The summed E-state index contributed by atoms with van der Waals surface area (Å²) in [5.74, 6) is -1.52. The Labute approximate surface area is 138 Å². The highest BCUT2D eigenvalue weighted by molar-refractivity contribution is 7.19. The van der Waals surface area contributed by atoms with E-state index in [0.717, 1.165) is 15.0 Å². The van der Waals surface area contributed by atoms with Crippen LogP contribution < -0.4 is 10.6 Å². The first kappa shape index (κ1) is 17.4. The molecule has 0 aliphatic carbocycles. The Kier molecular flexibility index (Phi) is 5.70. The molecule has 6 nitrogen and oxygen atoms in total. The van der Waals surface area contributed by atoms with Crippen LogP contribution in [-0.4, -0.2) is 43.7 Å². The lowest BCUT2D eigenvalue weighted by molar-refractivity contribution is -0.139. The average molecular weight is 336 g/mol. The lowest BCUT2D eigenvalue weighted by atomic mass is 10.0. The molecule has 1 aromatic carbocycles. The predicted octanol–water partition coefficient (Wildman–Crippen LogP) is 0.988. The fourth-order valence-corrected chi connectivity index (χ4v) is 3.12. The number of benzene rings is 1. The molecule has 0 saturated heterocycles. The van der Waals surface area contributed by atoms with Crippen LogP contribution in [-0.2, 0) is 19.9 Å². The zero-order valence-corrected chi connectivity index (χ0v) is 13.9. The molecule has 0 radical (unpaired) electrons. The van der Waals surface area contributed by atoms with E-state index in [4.69, 9.17) is 4.74 Å². The van der Waals surface area contributed by atoms with Crippen LogP contribution in [0.4, 0.5) is 0 Å². The minimum Gasteiger partial charge on any atom is -0.383 e. The Morgan fingerprint density at radius 2 is 1.96 bits per heavy atom. The molecule has 0 fully saturated rings. The number of thiophene rings is 1. The van der Waals surface area contributed by atoms with Gasteiger partial charge in [-0.3, -0.25) is 9.59 Å². The average Bonchev–Trinajstić information content (AvgIpc) is 2.97. The van der Waals surface area contributed by atoms with Gasteiger partial charge in [-0.15, -0.1) is 11.3 Å². The maximum Gasteiger partial charge on any atom is 0.309 e. The molecule has 0 bridgehead atoms. The Morgan fingerprint density at radius 3 is 2.65 bits per heavy atom. The first-order chi connectivity index (χ1) is 10.9. The molecule has 2 aromatic rings. The number of ether oxygens (including phenoxy) is 1. The maximum absolute atomic E-state index is 11.7. The molecule has 3 N–H and O–H groups in total. The molecule has 0 aliphatic rings. The van der Waals surface area contributed by atoms with E-state index in [1.54, 1.807) is 6.92 Å². The van der Waals surface area contributed by atoms with Gasteiger partial charge >= 0.3 is 11.8 Å². The van der Waals surface area contributed by atoms with E-state index in [9.17, 15) is 14.7 Å². The highest BCUT2D eigenvalue weighted by atomic mass is 32.1. The first-order valence-corrected chi connectivity index (χ1v) is 8.02. The van der Waals surface area contributed by atoms with E-state index < -0.39 is 17.4 Å². The van der Waals surface area contributed by atoms with Crippen LogP contribution in [0.1, 0.15) is 11.8 Å². The van der Waals surface area contributed by atoms with Crippen molar-refractivity contribution in [2.45, 2.75) is 12.5 Å². The standard InChI is InChI=1S/C16H20N2O4S/c1-16(21,10-18-15(20)14(19)17-7-8-22-2)13-9-11-5-3-4-6-12(11)23-13/h3-6,9,21H,7-8,10H2,1-2H3,(H,17,19)(H,18,20). The third-order valence-electron chi connectivity index (χ3n) is 3.35. The summed E-state index contributed by atoms with van der Waals surface area (Å²) in [5.41, 5.74) is -1.24. The van der Waals surface area contributed by atoms with Crippen molar-refractivity contribution in [2.24, 2.45) is 0 Å². The molecular weight excluding hydrogens is 316 g/mol. The second-order valence-electron chi connectivity index (χ2n) is 5.35. The molecule has 7 heteroatoms. The Morgan fingerprint density at radius 1 is 1.26 bits per heavy atom. The van der Waals surface area contributed by atoms with Gasteiger partial charge in [0.25, 0.3) is 0 Å². The quantitative estimate of drug-likeness (QED) is 0.542. The molecule has 0 spiro atoms. The number of rotatable bonds is 6. The van der Waals surface area contributed by atoms with Crippen LogP contribution in [0.5, 0.6) is 0 Å². The molecular formula is C16H20N2O4S. The fraction of sp³-hybridized carbons (Fsp3) is 0.375. The maximum atomic E-state index is 11.7. The predicted molar refractivity (Wildman–Crippen MR) is 89.3 cm³/mol. The summed E-state index contributed by atoms with van der Waals surface area (Å²) in [5, 5.41) is 16.5. The van der Waals surface area contributed by atoms with Crippen molar-refractivity contribution in [2.75, 3.05) is 26.8 Å². The highest BCUT2D eigenvalue weighted by Crippen LogP contribution is 2.32. The number of carbonyl (C=O) groups excluding carboxylic acids is 2. The summed E-state index contributed by atoms with van der Waals surface area (Å²) in [6.07, 6.45) is 0. The van der Waals surface area contributed by atoms with Gasteiger partial charge in [0.05, 0.1) is 13.2 Å². The van der Waals surface area contributed by atoms with Crippen LogP contribution in [0.3, 0.4) is 0 Å². The summed E-state index contributed by atoms with van der Waals surface area (Å²) in [6, 6.07) is 9.70. The number of nitrogens with one attached hydrogen (secondary N) is 2. The summed E-state index contributed by atoms with van der Waals surface area (Å²) in [7, 11) is 1.51. The number of amides is 2. The summed E-state index contributed by atoms with van der Waals surface area (Å²) < 4.78 is 5.85. The Balaban J connectivity index is 1.95. The lowest BCUT2D eigenvalue weighted by Crippen LogP contribution is -2.45. The van der Waals surface area contributed by atoms with Gasteiger partial charge in [0.15, 0.2) is 0 Å². The van der Waals surface area contributed by atoms with Gasteiger partial charge in [0.2, 0.25) is 0 Å². The van der Waals surface area contributed by atoms with Crippen molar-refractivity contribution < 1.29 is 19.4 Å². The van der Waals surface area contributed by atoms with Crippen LogP contribution in [0.2, 0.25) is 0 Å². The zero-order valence-electron chi connectivity index (χ0n) is 13.1. The number of aliphatic hydroxyl groups is 1. The molecule has 1 unspecified atom stereocenters. The monoisotopic (exact) mass is 336 g/mol. The number of fused-ring (bicyclic) bond motifs is 1. The smallest absolute Gasteiger partial charge is 0.309 e. The molecule has 2 rings (SSSR count). The normalized spacial score (nSPS) is 13.5. The number of carbonyl (C=O) groups is 2. The van der Waals surface area contributed by atoms with Gasteiger partial charge < -0.3 is 20.5 Å². The fourth-order valence-electron chi connectivity index (χ4n) is 2.01. The number of hydrogen-bond acceptors (Lipinski definition) is 5. The van der Waals surface area contributed by atoms with Gasteiger partial charge in [0, 0.05) is 23.2 Å². The summed E-state index contributed by atoms with van der Waals surface area (Å²) in [6.45, 7) is 2.16. The second-order valence-corrected chi connectivity index (χ2v) is 6.44. The van der Waals surface area contributed by atoms with Crippen LogP contribution >= 0.6 is 11.3 Å². The van der Waals surface area contributed by atoms with Crippen molar-refractivity contribution >= 4 is 33.2 Å². The third kappa shape index (κ3) is 4.51. The topological polar surface area (TPSA) is 87.7 Å². The zero-order chi connectivity index (χ0) is 16.9. The van der Waals surface area contributed by atoms with E-state index in [2.05, 4.69) is 10.6 Å². The van der Waals surface area contributed by atoms with Crippen LogP contribution in [0.25, 0.3) is 10.1 Å². The minimum atomic E-state index is -1.24. The molecule has 2 amide bonds. The molecule has 1 atom stereocenters. The molecule has 1 heterocycles. The van der Waals surface area contributed by atoms with E-state index in [0.29, 0.717) is 6.61 Å².